The molecule has 1 N–H and O–H groups in total. The van der Waals surface area contributed by atoms with E-state index >= 15 is 0 Å². The molecular weight excluding hydrogens is 166 g/mol. The van der Waals surface area contributed by atoms with Crippen molar-refractivity contribution in [3.63, 3.8) is 0 Å². The Balaban J connectivity index is 0.000000561. The number of aldehydes is 1. The van der Waals surface area contributed by atoms with E-state index in [-0.39, 0.29) is 5.56 Å². The number of halogens is 2. The molecule has 0 radical (unpaired) electrons. The van der Waals surface area contributed by atoms with Gasteiger partial charge in [-0.05, 0) is 12.1 Å². The average molecular weight is 174 g/mol. The fourth-order valence-corrected chi connectivity index (χ4v) is 0.643. The van der Waals surface area contributed by atoms with Gasteiger partial charge in [-0.25, -0.2) is 8.78 Å². The number of hydrogen-bond acceptors (Lipinski definition) is 2. The minimum Gasteiger partial charge on any atom is -0.400 e. The summed E-state index contributed by atoms with van der Waals surface area (Å²) in [5, 5.41) is 7.00. The maximum absolute atomic E-state index is 12.2. The summed E-state index contributed by atoms with van der Waals surface area (Å²) in [7, 11) is 1.00. The fourth-order valence-electron chi connectivity index (χ4n) is 0.643. The van der Waals surface area contributed by atoms with Crippen molar-refractivity contribution in [3.05, 3.63) is 35.4 Å². The van der Waals surface area contributed by atoms with E-state index in [4.69, 9.17) is 5.11 Å². The molecule has 0 spiro atoms. The number of aliphatic hydroxyl groups excluding tert-OH is 1. The first-order chi connectivity index (χ1) is 5.72. The van der Waals surface area contributed by atoms with Gasteiger partial charge in [-0.2, -0.15) is 0 Å². The SMILES string of the molecule is CO.O=Cc1cc(F)cc(F)c1. The van der Waals surface area contributed by atoms with Crippen molar-refractivity contribution < 1.29 is 18.7 Å². The molecule has 0 fully saturated rings. The molecule has 66 valence electrons. The molecule has 0 aliphatic rings. The fraction of sp³-hybridized carbons (Fsp3) is 0.125. The van der Waals surface area contributed by atoms with Gasteiger partial charge in [-0.15, -0.1) is 0 Å². The van der Waals surface area contributed by atoms with Crippen molar-refractivity contribution in [3.8, 4) is 0 Å². The summed E-state index contributed by atoms with van der Waals surface area (Å²) in [4.78, 5) is 9.98. The molecule has 0 amide bonds. The minimum absolute atomic E-state index is 0.0116. The Bertz CT molecular complexity index is 241. The highest BCUT2D eigenvalue weighted by molar-refractivity contribution is 5.74. The number of carbonyl (C=O) groups excluding carboxylic acids is 1. The van der Waals surface area contributed by atoms with Crippen molar-refractivity contribution >= 4 is 6.29 Å². The molecule has 4 heteroatoms. The molecule has 0 unspecified atom stereocenters. The van der Waals surface area contributed by atoms with Gasteiger partial charge in [-0.1, -0.05) is 0 Å². The summed E-state index contributed by atoms with van der Waals surface area (Å²) < 4.78 is 24.4. The lowest BCUT2D eigenvalue weighted by atomic mass is 10.2. The van der Waals surface area contributed by atoms with Crippen LogP contribution in [0.1, 0.15) is 10.4 Å². The summed E-state index contributed by atoms with van der Waals surface area (Å²) >= 11 is 0. The molecule has 0 aromatic heterocycles. The first kappa shape index (κ1) is 10.7. The van der Waals surface area contributed by atoms with Gasteiger partial charge in [-0.3, -0.25) is 4.79 Å². The summed E-state index contributed by atoms with van der Waals surface area (Å²) in [6.07, 6.45) is 0.395. The molecule has 0 saturated carbocycles. The summed E-state index contributed by atoms with van der Waals surface area (Å²) in [5.74, 6) is -1.47. The zero-order valence-electron chi connectivity index (χ0n) is 6.42. The third-order valence-electron chi connectivity index (χ3n) is 1.02. The van der Waals surface area contributed by atoms with E-state index in [1.54, 1.807) is 0 Å². The van der Waals surface area contributed by atoms with Crippen LogP contribution >= 0.6 is 0 Å². The second kappa shape index (κ2) is 5.37. The zero-order chi connectivity index (χ0) is 9.56. The maximum atomic E-state index is 12.2. The molecule has 0 aliphatic heterocycles. The lowest BCUT2D eigenvalue weighted by Crippen LogP contribution is -1.84. The van der Waals surface area contributed by atoms with Crippen LogP contribution in [-0.2, 0) is 0 Å². The number of aliphatic hydroxyl groups is 1. The Labute approximate surface area is 68.5 Å². The Morgan fingerprint density at radius 2 is 1.58 bits per heavy atom. The van der Waals surface area contributed by atoms with Gasteiger partial charge in [0.25, 0.3) is 0 Å². The topological polar surface area (TPSA) is 37.3 Å². The molecule has 0 atom stereocenters. The standard InChI is InChI=1S/C7H4F2O.CH4O/c8-6-1-5(4-10)2-7(9)3-6;1-2/h1-4H;2H,1H3. The molecule has 2 nitrogen and oxygen atoms in total. The number of rotatable bonds is 1. The third-order valence-corrected chi connectivity index (χ3v) is 1.02. The molecule has 1 aromatic carbocycles. The van der Waals surface area contributed by atoms with E-state index < -0.39 is 11.6 Å². The number of carbonyl (C=O) groups is 1. The van der Waals surface area contributed by atoms with Gasteiger partial charge in [0, 0.05) is 18.7 Å². The van der Waals surface area contributed by atoms with Crippen LogP contribution in [0.15, 0.2) is 18.2 Å². The lowest BCUT2D eigenvalue weighted by molar-refractivity contribution is 0.112. The second-order valence-corrected chi connectivity index (χ2v) is 1.82. The van der Waals surface area contributed by atoms with Crippen LogP contribution in [-0.4, -0.2) is 18.5 Å². The third kappa shape index (κ3) is 3.21. The zero-order valence-corrected chi connectivity index (χ0v) is 6.42. The van der Waals surface area contributed by atoms with Gasteiger partial charge >= 0.3 is 0 Å². The second-order valence-electron chi connectivity index (χ2n) is 1.82. The molecule has 1 aromatic rings. The van der Waals surface area contributed by atoms with Crippen LogP contribution in [0, 0.1) is 11.6 Å². The molecule has 0 aliphatic carbocycles. The van der Waals surface area contributed by atoms with Crippen LogP contribution in [0.4, 0.5) is 8.78 Å². The van der Waals surface area contributed by atoms with Crippen molar-refractivity contribution in [2.45, 2.75) is 0 Å². The van der Waals surface area contributed by atoms with Gasteiger partial charge in [0.05, 0.1) is 0 Å². The van der Waals surface area contributed by atoms with E-state index in [0.717, 1.165) is 19.2 Å². The van der Waals surface area contributed by atoms with Crippen LogP contribution in [0.5, 0.6) is 0 Å². The Morgan fingerprint density at radius 1 is 1.17 bits per heavy atom. The molecular formula is C8H8F2O2. The quantitative estimate of drug-likeness (QED) is 0.653. The average Bonchev–Trinajstić information content (AvgIpc) is 2.06. The van der Waals surface area contributed by atoms with Crippen LogP contribution in [0.25, 0.3) is 0 Å². The Morgan fingerprint density at radius 3 is 1.92 bits per heavy atom. The normalized spacial score (nSPS) is 8.33. The molecule has 1 rings (SSSR count). The highest BCUT2D eigenvalue weighted by atomic mass is 19.1. The monoisotopic (exact) mass is 174 g/mol. The van der Waals surface area contributed by atoms with Gasteiger partial charge in [0.2, 0.25) is 0 Å². The van der Waals surface area contributed by atoms with Gasteiger partial charge < -0.3 is 5.11 Å². The van der Waals surface area contributed by atoms with E-state index in [2.05, 4.69) is 0 Å². The molecule has 0 saturated heterocycles. The van der Waals surface area contributed by atoms with Crippen molar-refractivity contribution in [1.82, 2.24) is 0 Å². The maximum Gasteiger partial charge on any atom is 0.150 e. The van der Waals surface area contributed by atoms with E-state index in [1.807, 2.05) is 0 Å². The first-order valence-electron chi connectivity index (χ1n) is 3.08. The lowest BCUT2D eigenvalue weighted by Gasteiger charge is -1.90. The smallest absolute Gasteiger partial charge is 0.150 e. The predicted molar refractivity (Wildman–Crippen MR) is 39.9 cm³/mol. The highest BCUT2D eigenvalue weighted by Gasteiger charge is 1.97. The first-order valence-corrected chi connectivity index (χ1v) is 3.08. The number of benzene rings is 1. The predicted octanol–water partition coefficient (Wildman–Crippen LogP) is 1.39. The van der Waals surface area contributed by atoms with Crippen molar-refractivity contribution in [2.75, 3.05) is 7.11 Å². The van der Waals surface area contributed by atoms with Gasteiger partial charge in [0.15, 0.2) is 0 Å². The van der Waals surface area contributed by atoms with E-state index in [1.165, 1.54) is 0 Å². The van der Waals surface area contributed by atoms with Crippen molar-refractivity contribution in [2.24, 2.45) is 0 Å². The summed E-state index contributed by atoms with van der Waals surface area (Å²) in [6, 6.07) is 2.65. The Kier molecular flexibility index (Phi) is 4.79. The molecule has 0 heterocycles. The van der Waals surface area contributed by atoms with E-state index in [9.17, 15) is 13.6 Å². The van der Waals surface area contributed by atoms with E-state index in [0.29, 0.717) is 12.4 Å². The summed E-state index contributed by atoms with van der Waals surface area (Å²) in [5.41, 5.74) is 0.0116. The van der Waals surface area contributed by atoms with Crippen LogP contribution < -0.4 is 0 Å². The molecule has 0 bridgehead atoms. The van der Waals surface area contributed by atoms with Crippen LogP contribution in [0.3, 0.4) is 0 Å². The Hall–Kier alpha value is -1.29. The van der Waals surface area contributed by atoms with Gasteiger partial charge in [0.1, 0.15) is 17.9 Å². The van der Waals surface area contributed by atoms with Crippen LogP contribution in [0.2, 0.25) is 0 Å². The summed E-state index contributed by atoms with van der Waals surface area (Å²) in [6.45, 7) is 0. The minimum atomic E-state index is -0.734. The highest BCUT2D eigenvalue weighted by Crippen LogP contribution is 2.04. The molecule has 12 heavy (non-hydrogen) atoms. The van der Waals surface area contributed by atoms with Crippen molar-refractivity contribution in [1.29, 1.82) is 0 Å². The number of hydrogen-bond donors (Lipinski definition) is 1. The largest absolute Gasteiger partial charge is 0.400 e.